The molecule has 1 aromatic rings. The lowest BCUT2D eigenvalue weighted by Crippen LogP contribution is -2.49. The van der Waals surface area contributed by atoms with Crippen LogP contribution in [0.1, 0.15) is 57.9 Å². The summed E-state index contributed by atoms with van der Waals surface area (Å²) in [6.45, 7) is 6.91. The van der Waals surface area contributed by atoms with E-state index in [4.69, 9.17) is 9.73 Å². The highest BCUT2D eigenvalue weighted by atomic mass is 16.6. The van der Waals surface area contributed by atoms with Crippen molar-refractivity contribution in [1.82, 2.24) is 15.5 Å². The Kier molecular flexibility index (Phi) is 9.19. The quantitative estimate of drug-likeness (QED) is 0.443. The maximum absolute atomic E-state index is 12.4. The number of carbonyl (C=O) groups excluding carboxylic acids is 2. The fourth-order valence-electron chi connectivity index (χ4n) is 4.28. The number of aliphatic imine (C=N–C) groups is 1. The van der Waals surface area contributed by atoms with Gasteiger partial charge in [0.15, 0.2) is 5.96 Å². The van der Waals surface area contributed by atoms with Gasteiger partial charge in [0.2, 0.25) is 5.91 Å². The molecule has 32 heavy (non-hydrogen) atoms. The first-order chi connectivity index (χ1) is 15.6. The summed E-state index contributed by atoms with van der Waals surface area (Å²) in [5, 5.41) is 9.86. The number of guanidine groups is 1. The molecule has 3 rings (SSSR count). The summed E-state index contributed by atoms with van der Waals surface area (Å²) in [6, 6.07) is 8.17. The van der Waals surface area contributed by atoms with Gasteiger partial charge in [-0.25, -0.2) is 9.79 Å². The molecule has 0 unspecified atom stereocenters. The third-order valence-corrected chi connectivity index (χ3v) is 6.05. The third-order valence-electron chi connectivity index (χ3n) is 6.05. The number of anilines is 1. The Morgan fingerprint density at radius 3 is 2.56 bits per heavy atom. The zero-order valence-electron chi connectivity index (χ0n) is 19.4. The number of benzene rings is 1. The smallest absolute Gasteiger partial charge is 0.409 e. The van der Waals surface area contributed by atoms with Crippen molar-refractivity contribution in [3.05, 3.63) is 29.8 Å². The zero-order valence-corrected chi connectivity index (χ0v) is 19.4. The largest absolute Gasteiger partial charge is 0.450 e. The number of nitrogens with one attached hydrogen (secondary N) is 3. The van der Waals surface area contributed by atoms with Gasteiger partial charge in [0.05, 0.1) is 13.2 Å². The van der Waals surface area contributed by atoms with Crippen LogP contribution < -0.4 is 16.0 Å². The molecule has 1 aromatic carbocycles. The lowest BCUT2D eigenvalue weighted by Gasteiger charge is -2.32. The van der Waals surface area contributed by atoms with Crippen molar-refractivity contribution >= 4 is 23.6 Å². The Bertz CT molecular complexity index is 784. The van der Waals surface area contributed by atoms with Crippen LogP contribution in [0.25, 0.3) is 0 Å². The summed E-state index contributed by atoms with van der Waals surface area (Å²) >= 11 is 0. The standard InChI is InChI=1S/C24H37N5O3/c1-3-25-23(28-20-12-14-29(15-13-20)24(31)32-4-2)26-17-18-8-7-11-21(16-18)27-22(30)19-9-5-6-10-19/h7-8,11,16,19-20H,3-6,9-10,12-15,17H2,1-2H3,(H,27,30)(H2,25,26,28). The van der Waals surface area contributed by atoms with Gasteiger partial charge in [0.1, 0.15) is 0 Å². The number of hydrogen-bond donors (Lipinski definition) is 3. The van der Waals surface area contributed by atoms with Gasteiger partial charge in [0.25, 0.3) is 0 Å². The van der Waals surface area contributed by atoms with E-state index >= 15 is 0 Å². The van der Waals surface area contributed by atoms with Crippen LogP contribution in [0.2, 0.25) is 0 Å². The molecule has 1 saturated carbocycles. The Morgan fingerprint density at radius 2 is 1.88 bits per heavy atom. The summed E-state index contributed by atoms with van der Waals surface area (Å²) in [5.74, 6) is 1.05. The molecule has 3 N–H and O–H groups in total. The molecule has 0 atom stereocenters. The average Bonchev–Trinajstić information content (AvgIpc) is 3.34. The molecular formula is C24H37N5O3. The monoisotopic (exact) mass is 443 g/mol. The van der Waals surface area contributed by atoms with Crippen molar-refractivity contribution < 1.29 is 14.3 Å². The SMILES string of the molecule is CCNC(=NCc1cccc(NC(=O)C2CCCC2)c1)NC1CCN(C(=O)OCC)CC1. The second-order valence-electron chi connectivity index (χ2n) is 8.47. The summed E-state index contributed by atoms with van der Waals surface area (Å²) in [4.78, 5) is 30.8. The summed E-state index contributed by atoms with van der Waals surface area (Å²) in [6.07, 6.45) is 5.76. The van der Waals surface area contributed by atoms with Gasteiger partial charge in [-0.3, -0.25) is 4.79 Å². The van der Waals surface area contributed by atoms with Crippen molar-refractivity contribution in [2.24, 2.45) is 10.9 Å². The second-order valence-corrected chi connectivity index (χ2v) is 8.47. The maximum Gasteiger partial charge on any atom is 0.409 e. The molecule has 2 aliphatic rings. The van der Waals surface area contributed by atoms with Crippen LogP contribution in [0, 0.1) is 5.92 Å². The van der Waals surface area contributed by atoms with E-state index in [9.17, 15) is 9.59 Å². The predicted octanol–water partition coefficient (Wildman–Crippen LogP) is 3.49. The number of rotatable bonds is 7. The maximum atomic E-state index is 12.4. The number of carbonyl (C=O) groups is 2. The molecule has 1 heterocycles. The van der Waals surface area contributed by atoms with Gasteiger partial charge in [-0.15, -0.1) is 0 Å². The van der Waals surface area contributed by atoms with Crippen LogP contribution in [0.3, 0.4) is 0 Å². The van der Waals surface area contributed by atoms with Crippen molar-refractivity contribution in [2.75, 3.05) is 31.6 Å². The molecule has 2 fully saturated rings. The minimum atomic E-state index is -0.230. The Balaban J connectivity index is 1.52. The summed E-state index contributed by atoms with van der Waals surface area (Å²) in [7, 11) is 0. The van der Waals surface area contributed by atoms with Gasteiger partial charge in [-0.05, 0) is 57.2 Å². The van der Waals surface area contributed by atoms with Gasteiger partial charge < -0.3 is 25.6 Å². The van der Waals surface area contributed by atoms with Crippen LogP contribution in [0.4, 0.5) is 10.5 Å². The fraction of sp³-hybridized carbons (Fsp3) is 0.625. The molecule has 1 aliphatic heterocycles. The summed E-state index contributed by atoms with van der Waals surface area (Å²) < 4.78 is 5.09. The van der Waals surface area contributed by atoms with E-state index in [2.05, 4.69) is 16.0 Å². The highest BCUT2D eigenvalue weighted by molar-refractivity contribution is 5.92. The highest BCUT2D eigenvalue weighted by Gasteiger charge is 2.24. The highest BCUT2D eigenvalue weighted by Crippen LogP contribution is 2.26. The van der Waals surface area contributed by atoms with Crippen LogP contribution in [0.5, 0.6) is 0 Å². The van der Waals surface area contributed by atoms with Gasteiger partial charge in [-0.1, -0.05) is 25.0 Å². The van der Waals surface area contributed by atoms with Gasteiger partial charge in [-0.2, -0.15) is 0 Å². The lowest BCUT2D eigenvalue weighted by atomic mass is 10.1. The second kappa shape index (κ2) is 12.3. The fourth-order valence-corrected chi connectivity index (χ4v) is 4.28. The third kappa shape index (κ3) is 7.14. The van der Waals surface area contributed by atoms with Crippen molar-refractivity contribution in [1.29, 1.82) is 0 Å². The number of ether oxygens (including phenoxy) is 1. The van der Waals surface area contributed by atoms with E-state index in [1.54, 1.807) is 4.90 Å². The van der Waals surface area contributed by atoms with Gasteiger partial charge in [0, 0.05) is 37.3 Å². The molecule has 1 saturated heterocycles. The van der Waals surface area contributed by atoms with Crippen LogP contribution in [-0.2, 0) is 16.1 Å². The van der Waals surface area contributed by atoms with E-state index < -0.39 is 0 Å². The van der Waals surface area contributed by atoms with Crippen molar-refractivity contribution in [2.45, 2.75) is 65.0 Å². The first-order valence-electron chi connectivity index (χ1n) is 11.9. The number of likely N-dealkylation sites (tertiary alicyclic amines) is 1. The number of piperidine rings is 1. The molecule has 8 heteroatoms. The van der Waals surface area contributed by atoms with Crippen molar-refractivity contribution in [3.63, 3.8) is 0 Å². The lowest BCUT2D eigenvalue weighted by molar-refractivity contribution is -0.119. The van der Waals surface area contributed by atoms with Crippen molar-refractivity contribution in [3.8, 4) is 0 Å². The Morgan fingerprint density at radius 1 is 1.12 bits per heavy atom. The Hall–Kier alpha value is -2.77. The average molecular weight is 444 g/mol. The Labute approximate surface area is 191 Å². The molecule has 8 nitrogen and oxygen atoms in total. The van der Waals surface area contributed by atoms with E-state index in [-0.39, 0.29) is 24.0 Å². The zero-order chi connectivity index (χ0) is 22.8. The molecule has 0 aromatic heterocycles. The number of amides is 2. The normalized spacial score (nSPS) is 17.8. The summed E-state index contributed by atoms with van der Waals surface area (Å²) in [5.41, 5.74) is 1.88. The molecule has 0 bridgehead atoms. The minimum absolute atomic E-state index is 0.132. The molecule has 2 amide bonds. The van der Waals surface area contributed by atoms with Crippen LogP contribution >= 0.6 is 0 Å². The molecule has 176 valence electrons. The van der Waals surface area contributed by atoms with E-state index in [0.717, 1.165) is 62.3 Å². The van der Waals surface area contributed by atoms with Crippen LogP contribution in [-0.4, -0.2) is 55.1 Å². The molecule has 0 radical (unpaired) electrons. The molecule has 0 spiro atoms. The number of nitrogens with zero attached hydrogens (tertiary/aromatic N) is 2. The topological polar surface area (TPSA) is 95.1 Å². The number of hydrogen-bond acceptors (Lipinski definition) is 4. The van der Waals surface area contributed by atoms with Crippen LogP contribution in [0.15, 0.2) is 29.3 Å². The van der Waals surface area contributed by atoms with E-state index in [1.807, 2.05) is 38.1 Å². The first kappa shape index (κ1) is 23.9. The first-order valence-corrected chi connectivity index (χ1v) is 11.9. The van der Waals surface area contributed by atoms with Gasteiger partial charge >= 0.3 is 6.09 Å². The molecule has 1 aliphatic carbocycles. The predicted molar refractivity (Wildman–Crippen MR) is 127 cm³/mol. The van der Waals surface area contributed by atoms with E-state index in [1.165, 1.54) is 0 Å². The van der Waals surface area contributed by atoms with E-state index in [0.29, 0.717) is 26.2 Å². The minimum Gasteiger partial charge on any atom is -0.450 e. The molecular weight excluding hydrogens is 406 g/mol.